The maximum Gasteiger partial charge on any atom is 0.229 e. The Kier molecular flexibility index (Phi) is 3.57. The normalized spacial score (nSPS) is 31.1. The SMILES string of the molecule is CCC1(CC)CCN(C(=O)C2C=CC(N)C2)C1. The van der Waals surface area contributed by atoms with Gasteiger partial charge in [0.2, 0.25) is 5.91 Å². The molecule has 2 N–H and O–H groups in total. The number of carbonyl (C=O) groups excluding carboxylic acids is 1. The summed E-state index contributed by atoms with van der Waals surface area (Å²) in [6, 6.07) is 0.0775. The first kappa shape index (κ1) is 12.6. The number of rotatable bonds is 3. The zero-order valence-electron chi connectivity index (χ0n) is 11.0. The molecule has 1 heterocycles. The predicted octanol–water partition coefficient (Wildman–Crippen LogP) is 1.93. The van der Waals surface area contributed by atoms with Crippen LogP contribution in [0.25, 0.3) is 0 Å². The Balaban J connectivity index is 1.97. The van der Waals surface area contributed by atoms with Crippen molar-refractivity contribution in [2.24, 2.45) is 17.1 Å². The Morgan fingerprint density at radius 3 is 2.59 bits per heavy atom. The molecular formula is C14H24N2O. The highest BCUT2D eigenvalue weighted by Crippen LogP contribution is 2.38. The smallest absolute Gasteiger partial charge is 0.229 e. The second kappa shape index (κ2) is 4.81. The van der Waals surface area contributed by atoms with E-state index in [1.165, 1.54) is 12.8 Å². The molecule has 3 heteroatoms. The van der Waals surface area contributed by atoms with Gasteiger partial charge in [0.05, 0.1) is 5.92 Å². The van der Waals surface area contributed by atoms with Gasteiger partial charge in [-0.15, -0.1) is 0 Å². The molecule has 1 saturated heterocycles. The van der Waals surface area contributed by atoms with E-state index in [2.05, 4.69) is 18.7 Å². The van der Waals surface area contributed by atoms with Crippen molar-refractivity contribution in [3.63, 3.8) is 0 Å². The maximum absolute atomic E-state index is 12.3. The number of hydrogen-bond donors (Lipinski definition) is 1. The van der Waals surface area contributed by atoms with Crippen LogP contribution in [0, 0.1) is 11.3 Å². The molecule has 1 aliphatic carbocycles. The number of likely N-dealkylation sites (tertiary alicyclic amines) is 1. The minimum absolute atomic E-state index is 0.0366. The molecule has 1 fully saturated rings. The first-order chi connectivity index (χ1) is 8.10. The lowest BCUT2D eigenvalue weighted by Gasteiger charge is -2.27. The minimum atomic E-state index is 0.0366. The van der Waals surface area contributed by atoms with Gasteiger partial charge in [0.25, 0.3) is 0 Å². The highest BCUT2D eigenvalue weighted by molar-refractivity contribution is 5.81. The monoisotopic (exact) mass is 236 g/mol. The topological polar surface area (TPSA) is 46.3 Å². The summed E-state index contributed by atoms with van der Waals surface area (Å²) in [4.78, 5) is 14.4. The van der Waals surface area contributed by atoms with Gasteiger partial charge in [0, 0.05) is 19.1 Å². The van der Waals surface area contributed by atoms with Crippen molar-refractivity contribution in [2.45, 2.75) is 45.6 Å². The average molecular weight is 236 g/mol. The molecule has 0 spiro atoms. The van der Waals surface area contributed by atoms with Crippen LogP contribution < -0.4 is 5.73 Å². The standard InChI is InChI=1S/C14H24N2O/c1-3-14(4-2)7-8-16(10-14)13(17)11-5-6-12(15)9-11/h5-6,11-12H,3-4,7-10,15H2,1-2H3. The summed E-state index contributed by atoms with van der Waals surface area (Å²) in [6.45, 7) is 6.35. The second-order valence-electron chi connectivity index (χ2n) is 5.61. The maximum atomic E-state index is 12.3. The van der Waals surface area contributed by atoms with Crippen molar-refractivity contribution in [2.75, 3.05) is 13.1 Å². The van der Waals surface area contributed by atoms with Crippen LogP contribution in [0.15, 0.2) is 12.2 Å². The van der Waals surface area contributed by atoms with E-state index in [4.69, 9.17) is 5.73 Å². The molecule has 2 atom stereocenters. The largest absolute Gasteiger partial charge is 0.342 e. The lowest BCUT2D eigenvalue weighted by molar-refractivity contribution is -0.133. The van der Waals surface area contributed by atoms with Crippen LogP contribution in [-0.4, -0.2) is 29.9 Å². The van der Waals surface area contributed by atoms with E-state index >= 15 is 0 Å². The summed E-state index contributed by atoms with van der Waals surface area (Å²) in [5.74, 6) is 0.326. The van der Waals surface area contributed by atoms with Gasteiger partial charge in [0.15, 0.2) is 0 Å². The Morgan fingerprint density at radius 1 is 1.41 bits per heavy atom. The number of amides is 1. The average Bonchev–Trinajstić information content (AvgIpc) is 2.95. The summed E-state index contributed by atoms with van der Waals surface area (Å²) < 4.78 is 0. The van der Waals surface area contributed by atoms with E-state index in [-0.39, 0.29) is 17.9 Å². The van der Waals surface area contributed by atoms with Crippen molar-refractivity contribution in [3.05, 3.63) is 12.2 Å². The van der Waals surface area contributed by atoms with Gasteiger partial charge < -0.3 is 10.6 Å². The van der Waals surface area contributed by atoms with E-state index in [9.17, 15) is 4.79 Å². The van der Waals surface area contributed by atoms with Crippen molar-refractivity contribution in [1.82, 2.24) is 4.90 Å². The summed E-state index contributed by atoms with van der Waals surface area (Å²) >= 11 is 0. The molecule has 0 aromatic carbocycles. The Morgan fingerprint density at radius 2 is 2.12 bits per heavy atom. The lowest BCUT2D eigenvalue weighted by Crippen LogP contribution is -2.36. The highest BCUT2D eigenvalue weighted by Gasteiger charge is 2.39. The third-order valence-electron chi connectivity index (χ3n) is 4.68. The third kappa shape index (κ3) is 2.39. The molecule has 0 bridgehead atoms. The fourth-order valence-electron chi connectivity index (χ4n) is 3.10. The van der Waals surface area contributed by atoms with Crippen LogP contribution in [0.4, 0.5) is 0 Å². The molecule has 1 amide bonds. The molecule has 2 aliphatic rings. The molecular weight excluding hydrogens is 212 g/mol. The molecule has 17 heavy (non-hydrogen) atoms. The molecule has 2 unspecified atom stereocenters. The Hall–Kier alpha value is -0.830. The number of nitrogens with two attached hydrogens (primary N) is 1. The molecule has 1 aliphatic heterocycles. The molecule has 0 radical (unpaired) electrons. The molecule has 3 nitrogen and oxygen atoms in total. The van der Waals surface area contributed by atoms with Gasteiger partial charge in [-0.3, -0.25) is 4.79 Å². The van der Waals surface area contributed by atoms with Gasteiger partial charge in [-0.25, -0.2) is 0 Å². The highest BCUT2D eigenvalue weighted by atomic mass is 16.2. The summed E-state index contributed by atoms with van der Waals surface area (Å²) in [5.41, 5.74) is 6.18. The zero-order valence-corrected chi connectivity index (χ0v) is 11.0. The first-order valence-corrected chi connectivity index (χ1v) is 6.83. The second-order valence-corrected chi connectivity index (χ2v) is 5.61. The summed E-state index contributed by atoms with van der Waals surface area (Å²) in [6.07, 6.45) is 8.26. The van der Waals surface area contributed by atoms with Crippen molar-refractivity contribution < 1.29 is 4.79 Å². The van der Waals surface area contributed by atoms with Crippen LogP contribution >= 0.6 is 0 Å². The van der Waals surface area contributed by atoms with Crippen LogP contribution in [0.1, 0.15) is 39.5 Å². The molecule has 0 aromatic heterocycles. The quantitative estimate of drug-likeness (QED) is 0.761. The summed E-state index contributed by atoms with van der Waals surface area (Å²) in [5, 5.41) is 0. The van der Waals surface area contributed by atoms with Gasteiger partial charge >= 0.3 is 0 Å². The fourth-order valence-corrected chi connectivity index (χ4v) is 3.10. The number of hydrogen-bond acceptors (Lipinski definition) is 2. The molecule has 0 aromatic rings. The van der Waals surface area contributed by atoms with Crippen molar-refractivity contribution in [3.8, 4) is 0 Å². The summed E-state index contributed by atoms with van der Waals surface area (Å²) in [7, 11) is 0. The van der Waals surface area contributed by atoms with Gasteiger partial charge in [0.1, 0.15) is 0 Å². The van der Waals surface area contributed by atoms with Crippen LogP contribution in [0.5, 0.6) is 0 Å². The van der Waals surface area contributed by atoms with Gasteiger partial charge in [-0.1, -0.05) is 26.0 Å². The Labute approximate surface area is 104 Å². The van der Waals surface area contributed by atoms with Gasteiger partial charge in [-0.05, 0) is 31.1 Å². The number of nitrogens with zero attached hydrogens (tertiary/aromatic N) is 1. The third-order valence-corrected chi connectivity index (χ3v) is 4.68. The van der Waals surface area contributed by atoms with E-state index < -0.39 is 0 Å². The Bertz CT molecular complexity index is 320. The first-order valence-electron chi connectivity index (χ1n) is 6.83. The zero-order chi connectivity index (χ0) is 12.5. The molecule has 96 valence electrons. The predicted molar refractivity (Wildman–Crippen MR) is 69.4 cm³/mol. The van der Waals surface area contributed by atoms with E-state index in [1.807, 2.05) is 12.2 Å². The molecule has 0 saturated carbocycles. The van der Waals surface area contributed by atoms with E-state index in [0.29, 0.717) is 5.41 Å². The van der Waals surface area contributed by atoms with E-state index in [0.717, 1.165) is 25.9 Å². The van der Waals surface area contributed by atoms with Crippen LogP contribution in [-0.2, 0) is 4.79 Å². The van der Waals surface area contributed by atoms with Crippen LogP contribution in [0.3, 0.4) is 0 Å². The number of carbonyl (C=O) groups is 1. The van der Waals surface area contributed by atoms with E-state index in [1.54, 1.807) is 0 Å². The fraction of sp³-hybridized carbons (Fsp3) is 0.786. The van der Waals surface area contributed by atoms with Crippen LogP contribution in [0.2, 0.25) is 0 Å². The molecule has 2 rings (SSSR count). The van der Waals surface area contributed by atoms with Crippen molar-refractivity contribution >= 4 is 5.91 Å². The minimum Gasteiger partial charge on any atom is -0.342 e. The van der Waals surface area contributed by atoms with Gasteiger partial charge in [-0.2, -0.15) is 0 Å². The lowest BCUT2D eigenvalue weighted by atomic mass is 9.82. The van der Waals surface area contributed by atoms with Crippen molar-refractivity contribution in [1.29, 1.82) is 0 Å².